The Kier molecular flexibility index (Phi) is 2.97. The highest BCUT2D eigenvalue weighted by Crippen LogP contribution is 2.46. The molecule has 2 aromatic carbocycles. The van der Waals surface area contributed by atoms with Crippen LogP contribution in [0, 0.1) is 5.82 Å². The molecule has 1 amide bonds. The maximum absolute atomic E-state index is 14.3. The van der Waals surface area contributed by atoms with Crippen molar-refractivity contribution in [3.05, 3.63) is 52.3 Å². The molecule has 0 spiro atoms. The maximum atomic E-state index is 14.3. The third-order valence-electron chi connectivity index (χ3n) is 3.93. The van der Waals surface area contributed by atoms with Gasteiger partial charge in [-0.05, 0) is 23.8 Å². The molecule has 0 saturated heterocycles. The van der Waals surface area contributed by atoms with Gasteiger partial charge in [-0.3, -0.25) is 4.79 Å². The summed E-state index contributed by atoms with van der Waals surface area (Å²) in [6, 6.07) is 8.01. The van der Waals surface area contributed by atoms with E-state index in [1.54, 1.807) is 24.3 Å². The Morgan fingerprint density at radius 3 is 2.77 bits per heavy atom. The van der Waals surface area contributed by atoms with Gasteiger partial charge in [-0.1, -0.05) is 17.7 Å². The van der Waals surface area contributed by atoms with Crippen molar-refractivity contribution in [1.29, 1.82) is 0 Å². The summed E-state index contributed by atoms with van der Waals surface area (Å²) in [6.45, 7) is 0.136. The second-order valence-electron chi connectivity index (χ2n) is 5.23. The SMILES string of the molecule is O=C1C[C@H](c2c(F)cccc2Cl)c2cc3c(cc2N1)OCO3. The van der Waals surface area contributed by atoms with Crippen molar-refractivity contribution in [2.75, 3.05) is 12.1 Å². The lowest BCUT2D eigenvalue weighted by Gasteiger charge is -2.27. The molecule has 2 heterocycles. The van der Waals surface area contributed by atoms with Crippen LogP contribution in [0.15, 0.2) is 30.3 Å². The number of carbonyl (C=O) groups is 1. The van der Waals surface area contributed by atoms with Gasteiger partial charge < -0.3 is 14.8 Å². The third kappa shape index (κ3) is 2.01. The van der Waals surface area contributed by atoms with E-state index in [4.69, 9.17) is 21.1 Å². The van der Waals surface area contributed by atoms with Crippen LogP contribution in [-0.2, 0) is 4.79 Å². The topological polar surface area (TPSA) is 47.6 Å². The largest absolute Gasteiger partial charge is 0.454 e. The fourth-order valence-corrected chi connectivity index (χ4v) is 3.25. The molecule has 6 heteroatoms. The van der Waals surface area contributed by atoms with Gasteiger partial charge in [0.25, 0.3) is 0 Å². The zero-order valence-electron chi connectivity index (χ0n) is 11.4. The highest BCUT2D eigenvalue weighted by atomic mass is 35.5. The molecule has 22 heavy (non-hydrogen) atoms. The first kappa shape index (κ1) is 13.4. The van der Waals surface area contributed by atoms with Crippen LogP contribution in [0.4, 0.5) is 10.1 Å². The average molecular weight is 320 g/mol. The van der Waals surface area contributed by atoms with Crippen molar-refractivity contribution in [3.8, 4) is 11.5 Å². The molecule has 4 rings (SSSR count). The summed E-state index contributed by atoms with van der Waals surface area (Å²) in [5.74, 6) is 0.102. The summed E-state index contributed by atoms with van der Waals surface area (Å²) < 4.78 is 24.9. The Bertz CT molecular complexity index is 773. The van der Waals surface area contributed by atoms with Crippen molar-refractivity contribution < 1.29 is 18.7 Å². The van der Waals surface area contributed by atoms with Gasteiger partial charge >= 0.3 is 0 Å². The predicted octanol–water partition coefficient (Wildman–Crippen LogP) is 3.68. The predicted molar refractivity (Wildman–Crippen MR) is 79.1 cm³/mol. The number of benzene rings is 2. The van der Waals surface area contributed by atoms with E-state index in [1.807, 2.05) is 0 Å². The van der Waals surface area contributed by atoms with Crippen LogP contribution >= 0.6 is 11.6 Å². The molecular weight excluding hydrogens is 309 g/mol. The third-order valence-corrected chi connectivity index (χ3v) is 4.26. The number of fused-ring (bicyclic) bond motifs is 2. The fourth-order valence-electron chi connectivity index (χ4n) is 2.95. The minimum absolute atomic E-state index is 0.132. The van der Waals surface area contributed by atoms with Crippen LogP contribution < -0.4 is 14.8 Å². The average Bonchev–Trinajstić information content (AvgIpc) is 2.92. The summed E-state index contributed by atoms with van der Waals surface area (Å²) in [4.78, 5) is 12.0. The molecule has 0 aliphatic carbocycles. The summed E-state index contributed by atoms with van der Waals surface area (Å²) >= 11 is 6.17. The number of ether oxygens (including phenoxy) is 2. The first-order valence-corrected chi connectivity index (χ1v) is 7.18. The molecule has 0 fully saturated rings. The minimum Gasteiger partial charge on any atom is -0.454 e. The van der Waals surface area contributed by atoms with Crippen LogP contribution in [0.5, 0.6) is 11.5 Å². The Hall–Kier alpha value is -2.27. The quantitative estimate of drug-likeness (QED) is 0.872. The molecule has 0 unspecified atom stereocenters. The van der Waals surface area contributed by atoms with E-state index in [9.17, 15) is 9.18 Å². The Morgan fingerprint density at radius 1 is 1.23 bits per heavy atom. The first-order valence-electron chi connectivity index (χ1n) is 6.81. The fraction of sp³-hybridized carbons (Fsp3) is 0.188. The molecule has 0 saturated carbocycles. The monoisotopic (exact) mass is 319 g/mol. The molecule has 0 bridgehead atoms. The van der Waals surface area contributed by atoms with Crippen molar-refractivity contribution in [2.24, 2.45) is 0 Å². The van der Waals surface area contributed by atoms with E-state index in [2.05, 4.69) is 5.32 Å². The van der Waals surface area contributed by atoms with Crippen LogP contribution in [0.1, 0.15) is 23.5 Å². The Balaban J connectivity index is 1.91. The first-order chi connectivity index (χ1) is 10.6. The summed E-state index contributed by atoms with van der Waals surface area (Å²) in [5, 5.41) is 3.10. The second-order valence-corrected chi connectivity index (χ2v) is 5.64. The van der Waals surface area contributed by atoms with E-state index in [0.29, 0.717) is 27.8 Å². The van der Waals surface area contributed by atoms with Gasteiger partial charge in [-0.2, -0.15) is 0 Å². The summed E-state index contributed by atoms with van der Waals surface area (Å²) in [7, 11) is 0. The zero-order valence-corrected chi connectivity index (χ0v) is 12.1. The molecular formula is C16H11ClFNO3. The van der Waals surface area contributed by atoms with Crippen molar-refractivity contribution in [1.82, 2.24) is 0 Å². The van der Waals surface area contributed by atoms with Crippen molar-refractivity contribution in [2.45, 2.75) is 12.3 Å². The van der Waals surface area contributed by atoms with Gasteiger partial charge in [0, 0.05) is 34.7 Å². The second kappa shape index (κ2) is 4.88. The number of hydrogen-bond acceptors (Lipinski definition) is 3. The molecule has 4 nitrogen and oxygen atoms in total. The summed E-state index contributed by atoms with van der Waals surface area (Å²) in [6.07, 6.45) is 0.132. The Morgan fingerprint density at radius 2 is 2.00 bits per heavy atom. The number of amides is 1. The molecule has 0 aromatic heterocycles. The highest BCUT2D eigenvalue weighted by Gasteiger charge is 2.32. The van der Waals surface area contributed by atoms with Gasteiger partial charge in [0.05, 0.1) is 0 Å². The number of anilines is 1. The van der Waals surface area contributed by atoms with E-state index >= 15 is 0 Å². The van der Waals surface area contributed by atoms with Gasteiger partial charge in [0.2, 0.25) is 12.7 Å². The van der Waals surface area contributed by atoms with Gasteiger partial charge in [0.15, 0.2) is 11.5 Å². The summed E-state index contributed by atoms with van der Waals surface area (Å²) in [5.41, 5.74) is 1.71. The van der Waals surface area contributed by atoms with Gasteiger partial charge in [-0.15, -0.1) is 0 Å². The number of carbonyl (C=O) groups excluding carboxylic acids is 1. The lowest BCUT2D eigenvalue weighted by molar-refractivity contribution is -0.116. The van der Waals surface area contributed by atoms with E-state index in [0.717, 1.165) is 5.56 Å². The Labute approximate surface area is 130 Å². The minimum atomic E-state index is -0.452. The number of hydrogen-bond donors (Lipinski definition) is 1. The van der Waals surface area contributed by atoms with E-state index in [1.165, 1.54) is 6.07 Å². The van der Waals surface area contributed by atoms with Crippen LogP contribution in [-0.4, -0.2) is 12.7 Å². The smallest absolute Gasteiger partial charge is 0.231 e. The molecule has 2 aliphatic rings. The maximum Gasteiger partial charge on any atom is 0.231 e. The van der Waals surface area contributed by atoms with Crippen LogP contribution in [0.25, 0.3) is 0 Å². The van der Waals surface area contributed by atoms with Crippen molar-refractivity contribution >= 4 is 23.2 Å². The lowest BCUT2D eigenvalue weighted by Crippen LogP contribution is -2.24. The molecule has 112 valence electrons. The lowest BCUT2D eigenvalue weighted by atomic mass is 9.84. The number of halogens is 2. The molecule has 2 aliphatic heterocycles. The molecule has 1 atom stereocenters. The van der Waals surface area contributed by atoms with Crippen LogP contribution in [0.2, 0.25) is 5.02 Å². The molecule has 2 aromatic rings. The van der Waals surface area contributed by atoms with Gasteiger partial charge in [-0.25, -0.2) is 4.39 Å². The van der Waals surface area contributed by atoms with E-state index < -0.39 is 11.7 Å². The van der Waals surface area contributed by atoms with Gasteiger partial charge in [0.1, 0.15) is 5.82 Å². The number of rotatable bonds is 1. The number of nitrogens with one attached hydrogen (secondary N) is 1. The van der Waals surface area contributed by atoms with Crippen molar-refractivity contribution in [3.63, 3.8) is 0 Å². The normalized spacial score (nSPS) is 18.8. The highest BCUT2D eigenvalue weighted by molar-refractivity contribution is 6.31. The molecule has 1 N–H and O–H groups in total. The zero-order chi connectivity index (χ0) is 15.3. The molecule has 0 radical (unpaired) electrons. The van der Waals surface area contributed by atoms with Crippen LogP contribution in [0.3, 0.4) is 0 Å². The van der Waals surface area contributed by atoms with E-state index in [-0.39, 0.29) is 19.1 Å². The standard InChI is InChI=1S/C16H11ClFNO3/c17-10-2-1-3-11(18)16(10)9-5-15(20)19-12-6-14-13(4-8(9)12)21-7-22-14/h1-4,6,9H,5,7H2,(H,19,20)/t9-/m0/s1.